The van der Waals surface area contributed by atoms with E-state index in [4.69, 9.17) is 5.11 Å². The molecule has 1 heterocycles. The molecule has 1 atom stereocenters. The third-order valence-electron chi connectivity index (χ3n) is 3.78. The van der Waals surface area contributed by atoms with Crippen molar-refractivity contribution in [3.63, 3.8) is 0 Å². The summed E-state index contributed by atoms with van der Waals surface area (Å²) in [5.74, 6) is -0.974. The lowest BCUT2D eigenvalue weighted by atomic mass is 10.1. The first kappa shape index (κ1) is 13.6. The lowest BCUT2D eigenvalue weighted by Gasteiger charge is -2.19. The van der Waals surface area contributed by atoms with Gasteiger partial charge in [-0.05, 0) is 25.7 Å². The quantitative estimate of drug-likeness (QED) is 0.867. The molecule has 0 aliphatic heterocycles. The van der Waals surface area contributed by atoms with E-state index in [9.17, 15) is 9.59 Å². The summed E-state index contributed by atoms with van der Waals surface area (Å²) >= 11 is 0. The molecule has 1 amide bonds. The number of hydrogen-bond donors (Lipinski definition) is 2. The molecule has 0 saturated heterocycles. The highest BCUT2D eigenvalue weighted by atomic mass is 16.4. The summed E-state index contributed by atoms with van der Waals surface area (Å²) in [4.78, 5) is 23.0. The van der Waals surface area contributed by atoms with Gasteiger partial charge in [0.25, 0.3) is 0 Å². The zero-order valence-electron chi connectivity index (χ0n) is 11.6. The third kappa shape index (κ3) is 2.47. The molecule has 0 spiro atoms. The van der Waals surface area contributed by atoms with Crippen molar-refractivity contribution in [1.82, 2.24) is 9.78 Å². The van der Waals surface area contributed by atoms with Gasteiger partial charge < -0.3 is 10.4 Å². The van der Waals surface area contributed by atoms with E-state index in [0.29, 0.717) is 5.69 Å². The van der Waals surface area contributed by atoms with Crippen molar-refractivity contribution < 1.29 is 14.7 Å². The van der Waals surface area contributed by atoms with Gasteiger partial charge in [0.2, 0.25) is 5.91 Å². The van der Waals surface area contributed by atoms with Crippen molar-refractivity contribution in [2.24, 2.45) is 11.3 Å². The fraction of sp³-hybridized carbons (Fsp3) is 0.615. The minimum Gasteiger partial charge on any atom is -0.479 e. The minimum absolute atomic E-state index is 0.0299. The Kier molecular flexibility index (Phi) is 2.91. The van der Waals surface area contributed by atoms with Crippen LogP contribution in [-0.4, -0.2) is 26.8 Å². The van der Waals surface area contributed by atoms with Gasteiger partial charge in [-0.2, -0.15) is 5.10 Å². The first-order valence-corrected chi connectivity index (χ1v) is 6.24. The fourth-order valence-corrected chi connectivity index (χ4v) is 1.94. The van der Waals surface area contributed by atoms with E-state index < -0.39 is 11.5 Å². The number of carboxylic acid groups (broad SMARTS) is 1. The SMILES string of the molecule is CC1(C)CC1C(=O)Nc1cnn(C(C)(C)C(=O)O)c1. The summed E-state index contributed by atoms with van der Waals surface area (Å²) in [6.07, 6.45) is 3.90. The number of rotatable bonds is 4. The number of nitrogens with zero attached hydrogens (tertiary/aromatic N) is 2. The molecule has 0 bridgehead atoms. The van der Waals surface area contributed by atoms with Gasteiger partial charge in [0.1, 0.15) is 0 Å². The number of aromatic nitrogens is 2. The maximum absolute atomic E-state index is 11.9. The minimum atomic E-state index is -1.14. The summed E-state index contributed by atoms with van der Waals surface area (Å²) in [6.45, 7) is 7.21. The summed E-state index contributed by atoms with van der Waals surface area (Å²) < 4.78 is 1.34. The Labute approximate surface area is 111 Å². The number of nitrogens with one attached hydrogen (secondary N) is 1. The maximum Gasteiger partial charge on any atom is 0.331 e. The Morgan fingerprint density at radius 2 is 2.11 bits per heavy atom. The molecule has 2 N–H and O–H groups in total. The predicted octanol–water partition coefficient (Wildman–Crippen LogP) is 1.69. The second-order valence-electron chi connectivity index (χ2n) is 6.27. The zero-order valence-corrected chi connectivity index (χ0v) is 11.6. The van der Waals surface area contributed by atoms with Crippen molar-refractivity contribution in [3.8, 4) is 0 Å². The molecule has 6 nitrogen and oxygen atoms in total. The highest BCUT2D eigenvalue weighted by Gasteiger charge is 2.50. The normalized spacial score (nSPS) is 20.9. The van der Waals surface area contributed by atoms with E-state index in [1.165, 1.54) is 10.9 Å². The Bertz CT molecular complexity index is 531. The molecular formula is C13H19N3O3. The number of anilines is 1. The largest absolute Gasteiger partial charge is 0.479 e. The zero-order chi connectivity index (χ0) is 14.4. The molecule has 1 aromatic rings. The highest BCUT2D eigenvalue weighted by molar-refractivity contribution is 5.94. The fourth-order valence-electron chi connectivity index (χ4n) is 1.94. The molecule has 104 valence electrons. The van der Waals surface area contributed by atoms with E-state index in [2.05, 4.69) is 10.4 Å². The van der Waals surface area contributed by atoms with Gasteiger partial charge in [-0.15, -0.1) is 0 Å². The average molecular weight is 265 g/mol. The molecule has 1 aliphatic rings. The van der Waals surface area contributed by atoms with E-state index >= 15 is 0 Å². The third-order valence-corrected chi connectivity index (χ3v) is 3.78. The maximum atomic E-state index is 11.9. The van der Waals surface area contributed by atoms with Crippen LogP contribution in [-0.2, 0) is 15.1 Å². The highest BCUT2D eigenvalue weighted by Crippen LogP contribution is 2.51. The number of carbonyl (C=O) groups excluding carboxylic acids is 1. The van der Waals surface area contributed by atoms with Crippen molar-refractivity contribution in [2.45, 2.75) is 39.7 Å². The molecule has 1 saturated carbocycles. The number of hydrogen-bond acceptors (Lipinski definition) is 3. The number of carbonyl (C=O) groups is 2. The van der Waals surface area contributed by atoms with Crippen LogP contribution in [0.15, 0.2) is 12.4 Å². The molecule has 1 fully saturated rings. The first-order chi connectivity index (χ1) is 8.64. The lowest BCUT2D eigenvalue weighted by Crippen LogP contribution is -2.35. The lowest BCUT2D eigenvalue weighted by molar-refractivity contribution is -0.146. The van der Waals surface area contributed by atoms with Crippen molar-refractivity contribution in [1.29, 1.82) is 0 Å². The van der Waals surface area contributed by atoms with Crippen LogP contribution in [0.4, 0.5) is 5.69 Å². The smallest absolute Gasteiger partial charge is 0.331 e. The predicted molar refractivity (Wildman–Crippen MR) is 69.7 cm³/mol. The van der Waals surface area contributed by atoms with Gasteiger partial charge in [-0.1, -0.05) is 13.8 Å². The summed E-state index contributed by atoms with van der Waals surface area (Å²) in [6, 6.07) is 0. The van der Waals surface area contributed by atoms with Crippen LogP contribution in [0.1, 0.15) is 34.1 Å². The van der Waals surface area contributed by atoms with Gasteiger partial charge >= 0.3 is 5.97 Å². The number of aliphatic carboxylic acids is 1. The van der Waals surface area contributed by atoms with Crippen LogP contribution in [0.2, 0.25) is 0 Å². The second kappa shape index (κ2) is 4.08. The van der Waals surface area contributed by atoms with Gasteiger partial charge in [-0.25, -0.2) is 4.79 Å². The standard InChI is InChI=1S/C13H19N3O3/c1-12(2)5-9(12)10(17)15-8-6-14-16(7-8)13(3,4)11(18)19/h6-7,9H,5H2,1-4H3,(H,15,17)(H,18,19). The van der Waals surface area contributed by atoms with Crippen molar-refractivity contribution in [2.75, 3.05) is 5.32 Å². The number of amides is 1. The summed E-state index contributed by atoms with van der Waals surface area (Å²) in [7, 11) is 0. The van der Waals surface area contributed by atoms with Crippen LogP contribution in [0.25, 0.3) is 0 Å². The molecule has 1 aromatic heterocycles. The van der Waals surface area contributed by atoms with E-state index in [1.54, 1.807) is 20.0 Å². The Hall–Kier alpha value is -1.85. The monoisotopic (exact) mass is 265 g/mol. The van der Waals surface area contributed by atoms with Gasteiger partial charge in [0.15, 0.2) is 5.54 Å². The summed E-state index contributed by atoms with van der Waals surface area (Å²) in [5.41, 5.74) is -0.538. The van der Waals surface area contributed by atoms with Gasteiger partial charge in [0.05, 0.1) is 11.9 Å². The molecule has 19 heavy (non-hydrogen) atoms. The molecule has 6 heteroatoms. The van der Waals surface area contributed by atoms with Crippen LogP contribution >= 0.6 is 0 Å². The van der Waals surface area contributed by atoms with Gasteiger partial charge in [-0.3, -0.25) is 9.48 Å². The topological polar surface area (TPSA) is 84.2 Å². The van der Waals surface area contributed by atoms with Crippen molar-refractivity contribution in [3.05, 3.63) is 12.4 Å². The summed E-state index contributed by atoms with van der Waals surface area (Å²) in [5, 5.41) is 15.9. The van der Waals surface area contributed by atoms with E-state index in [1.807, 2.05) is 13.8 Å². The van der Waals surface area contributed by atoms with Crippen LogP contribution in [0.5, 0.6) is 0 Å². The Balaban J connectivity index is 2.06. The molecule has 0 aromatic carbocycles. The van der Waals surface area contributed by atoms with E-state index in [-0.39, 0.29) is 17.2 Å². The second-order valence-corrected chi connectivity index (χ2v) is 6.27. The van der Waals surface area contributed by atoms with Crippen LogP contribution in [0.3, 0.4) is 0 Å². The van der Waals surface area contributed by atoms with Crippen molar-refractivity contribution >= 4 is 17.6 Å². The molecule has 1 unspecified atom stereocenters. The number of carboxylic acids is 1. The van der Waals surface area contributed by atoms with Crippen LogP contribution < -0.4 is 5.32 Å². The van der Waals surface area contributed by atoms with E-state index in [0.717, 1.165) is 6.42 Å². The van der Waals surface area contributed by atoms with Gasteiger partial charge in [0, 0.05) is 12.1 Å². The molecule has 2 rings (SSSR count). The first-order valence-electron chi connectivity index (χ1n) is 6.24. The molecular weight excluding hydrogens is 246 g/mol. The average Bonchev–Trinajstić information content (AvgIpc) is 2.73. The molecule has 1 aliphatic carbocycles. The molecule has 0 radical (unpaired) electrons. The van der Waals surface area contributed by atoms with Crippen LogP contribution in [0, 0.1) is 11.3 Å². The Morgan fingerprint density at radius 3 is 2.58 bits per heavy atom. The Morgan fingerprint density at radius 1 is 1.53 bits per heavy atom.